The Kier molecular flexibility index (Phi) is 3.74. The number of ether oxygens (including phenoxy) is 1. The van der Waals surface area contributed by atoms with E-state index in [-0.39, 0.29) is 23.1 Å². The van der Waals surface area contributed by atoms with Crippen LogP contribution in [0.1, 0.15) is 55.7 Å². The lowest BCUT2D eigenvalue weighted by atomic mass is 9.63. The van der Waals surface area contributed by atoms with Gasteiger partial charge in [0, 0.05) is 28.9 Å². The van der Waals surface area contributed by atoms with Gasteiger partial charge >= 0.3 is 0 Å². The summed E-state index contributed by atoms with van der Waals surface area (Å²) in [7, 11) is 1.50. The molecule has 0 unspecified atom stereocenters. The van der Waals surface area contributed by atoms with Crippen LogP contribution in [0.2, 0.25) is 0 Å². The van der Waals surface area contributed by atoms with E-state index in [2.05, 4.69) is 23.8 Å². The van der Waals surface area contributed by atoms with Crippen LogP contribution < -0.4 is 5.73 Å². The standard InChI is InChI=1S/C19H24N4O2/c1-18(2)9-19(3,4)15(24)14-13(18)11-8-10(6-7-12(11)23-14)16(20)25-17(21)22-5/h6-8,20,23H,9H2,1-5H3,(H2,21,22). The summed E-state index contributed by atoms with van der Waals surface area (Å²) in [5, 5.41) is 9.02. The van der Waals surface area contributed by atoms with Crippen LogP contribution in [-0.4, -0.2) is 29.7 Å². The minimum atomic E-state index is -0.401. The van der Waals surface area contributed by atoms with Crippen LogP contribution in [0.25, 0.3) is 10.9 Å². The first-order valence-corrected chi connectivity index (χ1v) is 8.27. The quantitative estimate of drug-likeness (QED) is 0.547. The topological polar surface area (TPSA) is 104 Å². The van der Waals surface area contributed by atoms with E-state index in [1.54, 1.807) is 6.07 Å². The summed E-state index contributed by atoms with van der Waals surface area (Å²) in [6, 6.07) is 5.47. The van der Waals surface area contributed by atoms with Gasteiger partial charge in [0.05, 0.1) is 5.69 Å². The summed E-state index contributed by atoms with van der Waals surface area (Å²) in [4.78, 5) is 19.9. The van der Waals surface area contributed by atoms with Gasteiger partial charge in [-0.3, -0.25) is 10.2 Å². The van der Waals surface area contributed by atoms with Crippen molar-refractivity contribution in [2.24, 2.45) is 16.1 Å². The molecule has 3 rings (SSSR count). The van der Waals surface area contributed by atoms with Gasteiger partial charge in [0.25, 0.3) is 6.02 Å². The Labute approximate surface area is 147 Å². The van der Waals surface area contributed by atoms with E-state index < -0.39 is 5.41 Å². The van der Waals surface area contributed by atoms with E-state index >= 15 is 0 Å². The molecular weight excluding hydrogens is 316 g/mol. The zero-order valence-corrected chi connectivity index (χ0v) is 15.3. The normalized spacial score (nSPS) is 18.9. The predicted octanol–water partition coefficient (Wildman–Crippen LogP) is 3.34. The van der Waals surface area contributed by atoms with E-state index in [1.807, 2.05) is 26.0 Å². The van der Waals surface area contributed by atoms with Crippen LogP contribution in [0.5, 0.6) is 0 Å². The van der Waals surface area contributed by atoms with Gasteiger partial charge in [-0.25, -0.2) is 4.99 Å². The number of nitrogens with zero attached hydrogens (tertiary/aromatic N) is 1. The highest BCUT2D eigenvalue weighted by molar-refractivity contribution is 6.08. The highest BCUT2D eigenvalue weighted by atomic mass is 16.5. The first-order valence-electron chi connectivity index (χ1n) is 8.27. The molecule has 1 aromatic carbocycles. The number of aromatic amines is 1. The van der Waals surface area contributed by atoms with Crippen molar-refractivity contribution in [3.8, 4) is 0 Å². The maximum absolute atomic E-state index is 12.9. The second-order valence-electron chi connectivity index (χ2n) is 7.90. The summed E-state index contributed by atoms with van der Waals surface area (Å²) in [5.41, 5.74) is 8.15. The zero-order valence-electron chi connectivity index (χ0n) is 15.3. The molecule has 1 aliphatic rings. The molecule has 6 heteroatoms. The van der Waals surface area contributed by atoms with Crippen molar-refractivity contribution in [3.05, 3.63) is 35.0 Å². The lowest BCUT2D eigenvalue weighted by Gasteiger charge is -2.39. The number of benzene rings is 1. The number of hydrogen-bond donors (Lipinski definition) is 3. The molecular formula is C19H24N4O2. The molecule has 0 aliphatic heterocycles. The molecule has 0 radical (unpaired) electrons. The lowest BCUT2D eigenvalue weighted by molar-refractivity contribution is 0.0760. The number of nitrogens with one attached hydrogen (secondary N) is 2. The van der Waals surface area contributed by atoms with Gasteiger partial charge in [0.2, 0.25) is 5.90 Å². The first kappa shape index (κ1) is 17.2. The summed E-state index contributed by atoms with van der Waals surface area (Å²) < 4.78 is 5.20. The Morgan fingerprint density at radius 2 is 1.96 bits per heavy atom. The minimum Gasteiger partial charge on any atom is -0.407 e. The van der Waals surface area contributed by atoms with E-state index in [1.165, 1.54) is 7.05 Å². The minimum absolute atomic E-state index is 0.0570. The molecule has 25 heavy (non-hydrogen) atoms. The fourth-order valence-corrected chi connectivity index (χ4v) is 4.03. The monoisotopic (exact) mass is 340 g/mol. The fourth-order valence-electron chi connectivity index (χ4n) is 4.03. The highest BCUT2D eigenvalue weighted by Crippen LogP contribution is 2.48. The Balaban J connectivity index is 2.17. The van der Waals surface area contributed by atoms with Crippen LogP contribution >= 0.6 is 0 Å². The molecule has 0 saturated carbocycles. The summed E-state index contributed by atoms with van der Waals surface area (Å²) in [6.45, 7) is 8.30. The van der Waals surface area contributed by atoms with E-state index in [9.17, 15) is 4.79 Å². The van der Waals surface area contributed by atoms with Crippen LogP contribution in [0.15, 0.2) is 23.2 Å². The number of H-pyrrole nitrogens is 1. The third kappa shape index (κ3) is 2.71. The van der Waals surface area contributed by atoms with Gasteiger partial charge in [-0.05, 0) is 35.6 Å². The van der Waals surface area contributed by atoms with Crippen molar-refractivity contribution in [1.29, 1.82) is 5.41 Å². The molecule has 1 aromatic heterocycles. The Bertz CT molecular complexity index is 919. The summed E-state index contributed by atoms with van der Waals surface area (Å²) >= 11 is 0. The number of carbonyl (C=O) groups excluding carboxylic acids is 1. The van der Waals surface area contributed by atoms with Gasteiger partial charge < -0.3 is 15.5 Å². The van der Waals surface area contributed by atoms with Gasteiger partial charge in [-0.15, -0.1) is 0 Å². The second-order valence-corrected chi connectivity index (χ2v) is 7.90. The number of fused-ring (bicyclic) bond motifs is 3. The number of hydrogen-bond acceptors (Lipinski definition) is 4. The van der Waals surface area contributed by atoms with Gasteiger partial charge in [0.15, 0.2) is 5.78 Å². The maximum atomic E-state index is 12.9. The van der Waals surface area contributed by atoms with E-state index in [0.717, 1.165) is 22.9 Å². The Morgan fingerprint density at radius 1 is 1.28 bits per heavy atom. The molecule has 0 saturated heterocycles. The second kappa shape index (κ2) is 5.44. The zero-order chi connectivity index (χ0) is 18.6. The number of nitrogens with two attached hydrogens (primary N) is 1. The molecule has 132 valence electrons. The molecule has 2 aromatic rings. The van der Waals surface area contributed by atoms with Crippen molar-refractivity contribution in [2.75, 3.05) is 7.05 Å². The SMILES string of the molecule is CN=C(N)OC(=N)c1ccc2[nH]c3c(c2c1)C(C)(C)CC(C)(C)C3=O. The smallest absolute Gasteiger partial charge is 0.288 e. The van der Waals surface area contributed by atoms with Gasteiger partial charge in [-0.2, -0.15) is 0 Å². The van der Waals surface area contributed by atoms with Crippen molar-refractivity contribution in [2.45, 2.75) is 39.5 Å². The number of ketones is 1. The van der Waals surface area contributed by atoms with Crippen LogP contribution in [-0.2, 0) is 10.2 Å². The number of aromatic nitrogens is 1. The average molecular weight is 340 g/mol. The van der Waals surface area contributed by atoms with E-state index in [0.29, 0.717) is 11.3 Å². The number of amidine groups is 1. The fraction of sp³-hybridized carbons (Fsp3) is 0.421. The maximum Gasteiger partial charge on any atom is 0.288 e. The largest absolute Gasteiger partial charge is 0.407 e. The Morgan fingerprint density at radius 3 is 2.60 bits per heavy atom. The molecule has 4 N–H and O–H groups in total. The Hall–Kier alpha value is -2.63. The van der Waals surface area contributed by atoms with Crippen molar-refractivity contribution >= 4 is 28.6 Å². The number of carbonyl (C=O) groups is 1. The first-order chi connectivity index (χ1) is 11.6. The van der Waals surface area contributed by atoms with Gasteiger partial charge in [0.1, 0.15) is 0 Å². The molecule has 0 bridgehead atoms. The molecule has 1 aliphatic carbocycles. The average Bonchev–Trinajstić information content (AvgIpc) is 2.91. The van der Waals surface area contributed by atoms with Crippen molar-refractivity contribution in [1.82, 2.24) is 4.98 Å². The molecule has 6 nitrogen and oxygen atoms in total. The summed E-state index contributed by atoms with van der Waals surface area (Å²) in [5.74, 6) is 0.0634. The van der Waals surface area contributed by atoms with Crippen LogP contribution in [0.4, 0.5) is 0 Å². The van der Waals surface area contributed by atoms with Crippen LogP contribution in [0, 0.1) is 10.8 Å². The number of aliphatic imine (C=N–C) groups is 1. The van der Waals surface area contributed by atoms with Gasteiger partial charge in [-0.1, -0.05) is 27.7 Å². The number of Topliss-reactive ketones (excluding diaryl/α,β-unsaturated/α-hetero) is 1. The molecule has 0 fully saturated rings. The summed E-state index contributed by atoms with van der Waals surface area (Å²) in [6.07, 6.45) is 0.770. The number of rotatable bonds is 1. The van der Waals surface area contributed by atoms with Crippen LogP contribution in [0.3, 0.4) is 0 Å². The lowest BCUT2D eigenvalue weighted by Crippen LogP contribution is -2.39. The van der Waals surface area contributed by atoms with Crippen molar-refractivity contribution in [3.63, 3.8) is 0 Å². The third-order valence-corrected chi connectivity index (χ3v) is 4.89. The molecule has 0 spiro atoms. The molecule has 0 atom stereocenters. The van der Waals surface area contributed by atoms with Crippen molar-refractivity contribution < 1.29 is 9.53 Å². The molecule has 1 heterocycles. The predicted molar refractivity (Wildman–Crippen MR) is 99.5 cm³/mol. The molecule has 0 amide bonds. The third-order valence-electron chi connectivity index (χ3n) is 4.89. The van der Waals surface area contributed by atoms with E-state index in [4.69, 9.17) is 15.9 Å². The highest BCUT2D eigenvalue weighted by Gasteiger charge is 2.45.